The Hall–Kier alpha value is -0.0900. The van der Waals surface area contributed by atoms with Gasteiger partial charge in [-0.05, 0) is 49.9 Å². The molecular weight excluding hydrogens is 234 g/mol. The summed E-state index contributed by atoms with van der Waals surface area (Å²) in [6.07, 6.45) is 3.58. The fourth-order valence-corrected chi connectivity index (χ4v) is 5.09. The van der Waals surface area contributed by atoms with Gasteiger partial charge in [-0.15, -0.1) is 0 Å². The van der Waals surface area contributed by atoms with E-state index in [0.29, 0.717) is 5.92 Å². The monoisotopic (exact) mass is 259 g/mol. The first-order valence-corrected chi connectivity index (χ1v) is 8.15. The molecule has 17 heavy (non-hydrogen) atoms. The maximum Gasteiger partial charge on any atom is 0.214 e. The van der Waals surface area contributed by atoms with Crippen molar-refractivity contribution in [1.82, 2.24) is 4.72 Å². The molecule has 2 saturated carbocycles. The zero-order valence-electron chi connectivity index (χ0n) is 11.6. The van der Waals surface area contributed by atoms with Crippen molar-refractivity contribution in [3.8, 4) is 0 Å². The molecule has 2 bridgehead atoms. The van der Waals surface area contributed by atoms with Crippen molar-refractivity contribution in [3.63, 3.8) is 0 Å². The maximum absolute atomic E-state index is 12.1. The van der Waals surface area contributed by atoms with Crippen LogP contribution in [0.25, 0.3) is 0 Å². The Kier molecular flexibility index (Phi) is 2.91. The summed E-state index contributed by atoms with van der Waals surface area (Å²) in [6.45, 7) is 10.2. The lowest BCUT2D eigenvalue weighted by Crippen LogP contribution is -2.53. The van der Waals surface area contributed by atoms with Gasteiger partial charge in [0.1, 0.15) is 0 Å². The molecule has 0 saturated heterocycles. The molecule has 3 atom stereocenters. The van der Waals surface area contributed by atoms with Crippen LogP contribution in [-0.4, -0.2) is 19.7 Å². The summed E-state index contributed by atoms with van der Waals surface area (Å²) in [5, 5.41) is -0.346. The molecule has 3 nitrogen and oxygen atoms in total. The van der Waals surface area contributed by atoms with Crippen LogP contribution in [0.3, 0.4) is 0 Å². The number of sulfonamides is 1. The lowest BCUT2D eigenvalue weighted by molar-refractivity contribution is 0.127. The first-order valence-electron chi connectivity index (χ1n) is 6.61. The second-order valence-corrected chi connectivity index (χ2v) is 9.33. The van der Waals surface area contributed by atoms with Crippen molar-refractivity contribution in [1.29, 1.82) is 0 Å². The van der Waals surface area contributed by atoms with Crippen LogP contribution in [0.2, 0.25) is 0 Å². The highest BCUT2D eigenvalue weighted by Gasteiger charge is 2.60. The molecule has 0 aromatic heterocycles. The van der Waals surface area contributed by atoms with E-state index in [1.165, 1.54) is 12.8 Å². The lowest BCUT2D eigenvalue weighted by Gasteiger charge is -2.43. The van der Waals surface area contributed by atoms with E-state index in [9.17, 15) is 8.42 Å². The highest BCUT2D eigenvalue weighted by molar-refractivity contribution is 7.90. The largest absolute Gasteiger partial charge is 0.214 e. The van der Waals surface area contributed by atoms with Crippen LogP contribution in [0.1, 0.15) is 53.9 Å². The van der Waals surface area contributed by atoms with E-state index in [-0.39, 0.29) is 22.1 Å². The summed E-state index contributed by atoms with van der Waals surface area (Å²) in [7, 11) is -3.16. The fraction of sp³-hybridized carbons (Fsp3) is 1.00. The number of hydrogen-bond donors (Lipinski definition) is 1. The second kappa shape index (κ2) is 3.70. The first kappa shape index (κ1) is 13.3. The molecule has 3 unspecified atom stereocenters. The maximum atomic E-state index is 12.1. The topological polar surface area (TPSA) is 46.2 Å². The van der Waals surface area contributed by atoms with Gasteiger partial charge in [-0.2, -0.15) is 0 Å². The average molecular weight is 259 g/mol. The highest BCUT2D eigenvalue weighted by atomic mass is 32.2. The smallest absolute Gasteiger partial charge is 0.212 e. The van der Waals surface area contributed by atoms with Crippen LogP contribution >= 0.6 is 0 Å². The molecule has 2 aliphatic rings. The SMILES string of the molecule is CC(C)S(=O)(=O)NC1C2(C)CCC(C2)C1(C)C. The molecule has 0 aliphatic heterocycles. The number of rotatable bonds is 3. The summed E-state index contributed by atoms with van der Waals surface area (Å²) in [4.78, 5) is 0. The molecule has 100 valence electrons. The molecule has 1 N–H and O–H groups in total. The van der Waals surface area contributed by atoms with Gasteiger partial charge in [0.05, 0.1) is 5.25 Å². The van der Waals surface area contributed by atoms with E-state index in [2.05, 4.69) is 25.5 Å². The Morgan fingerprint density at radius 1 is 1.24 bits per heavy atom. The zero-order chi connectivity index (χ0) is 13.1. The zero-order valence-corrected chi connectivity index (χ0v) is 12.4. The van der Waals surface area contributed by atoms with Crippen LogP contribution < -0.4 is 4.72 Å². The first-order chi connectivity index (χ1) is 7.59. The molecule has 4 heteroatoms. The van der Waals surface area contributed by atoms with Gasteiger partial charge in [0.25, 0.3) is 0 Å². The molecule has 0 amide bonds. The van der Waals surface area contributed by atoms with Crippen LogP contribution in [-0.2, 0) is 10.0 Å². The quantitative estimate of drug-likeness (QED) is 0.846. The normalized spacial score (nSPS) is 40.1. The van der Waals surface area contributed by atoms with Gasteiger partial charge in [-0.25, -0.2) is 13.1 Å². The minimum absolute atomic E-state index is 0.0922. The van der Waals surface area contributed by atoms with Crippen molar-refractivity contribution < 1.29 is 8.42 Å². The van der Waals surface area contributed by atoms with E-state index >= 15 is 0 Å². The molecule has 0 heterocycles. The summed E-state index contributed by atoms with van der Waals surface area (Å²) in [5.74, 6) is 0.673. The fourth-order valence-electron chi connectivity index (χ4n) is 3.90. The van der Waals surface area contributed by atoms with E-state index < -0.39 is 10.0 Å². The van der Waals surface area contributed by atoms with E-state index in [0.717, 1.165) is 6.42 Å². The lowest BCUT2D eigenvalue weighted by atomic mass is 9.69. The molecule has 0 radical (unpaired) electrons. The number of nitrogens with one attached hydrogen (secondary N) is 1. The van der Waals surface area contributed by atoms with Crippen LogP contribution in [0, 0.1) is 16.7 Å². The van der Waals surface area contributed by atoms with E-state index in [4.69, 9.17) is 0 Å². The Morgan fingerprint density at radius 3 is 2.24 bits per heavy atom. The molecule has 0 spiro atoms. The predicted octanol–water partition coefficient (Wildman–Crippen LogP) is 2.53. The van der Waals surface area contributed by atoms with E-state index in [1.807, 2.05) is 0 Å². The van der Waals surface area contributed by atoms with Gasteiger partial charge in [-0.1, -0.05) is 20.8 Å². The highest BCUT2D eigenvalue weighted by Crippen LogP contribution is 2.62. The van der Waals surface area contributed by atoms with Crippen molar-refractivity contribution in [2.75, 3.05) is 0 Å². The summed E-state index contributed by atoms with van der Waals surface area (Å²) in [5.41, 5.74) is 0.255. The Morgan fingerprint density at radius 2 is 1.82 bits per heavy atom. The number of fused-ring (bicyclic) bond motifs is 2. The minimum Gasteiger partial charge on any atom is -0.212 e. The van der Waals surface area contributed by atoms with Gasteiger partial charge in [-0.3, -0.25) is 0 Å². The van der Waals surface area contributed by atoms with Crippen molar-refractivity contribution in [2.24, 2.45) is 16.7 Å². The number of hydrogen-bond acceptors (Lipinski definition) is 2. The van der Waals surface area contributed by atoms with Crippen molar-refractivity contribution >= 4 is 10.0 Å². The second-order valence-electron chi connectivity index (χ2n) is 7.06. The Balaban J connectivity index is 2.27. The van der Waals surface area contributed by atoms with E-state index in [1.54, 1.807) is 13.8 Å². The van der Waals surface area contributed by atoms with Crippen LogP contribution in [0.15, 0.2) is 0 Å². The van der Waals surface area contributed by atoms with Crippen LogP contribution in [0.5, 0.6) is 0 Å². The summed E-state index contributed by atoms with van der Waals surface area (Å²) < 4.78 is 27.2. The van der Waals surface area contributed by atoms with Gasteiger partial charge >= 0.3 is 0 Å². The van der Waals surface area contributed by atoms with Gasteiger partial charge in [0.2, 0.25) is 10.0 Å². The molecule has 0 aromatic rings. The van der Waals surface area contributed by atoms with Crippen molar-refractivity contribution in [3.05, 3.63) is 0 Å². The molecule has 2 fully saturated rings. The van der Waals surface area contributed by atoms with Gasteiger partial charge in [0.15, 0.2) is 0 Å². The summed E-state index contributed by atoms with van der Waals surface area (Å²) >= 11 is 0. The van der Waals surface area contributed by atoms with Crippen molar-refractivity contribution in [2.45, 2.75) is 65.2 Å². The van der Waals surface area contributed by atoms with Gasteiger partial charge < -0.3 is 0 Å². The summed E-state index contributed by atoms with van der Waals surface area (Å²) in [6, 6.07) is 0.0983. The average Bonchev–Trinajstić information content (AvgIpc) is 2.64. The molecule has 2 aliphatic carbocycles. The van der Waals surface area contributed by atoms with Gasteiger partial charge in [0, 0.05) is 6.04 Å². The third-order valence-corrected chi connectivity index (χ3v) is 6.98. The third-order valence-electron chi connectivity index (χ3n) is 5.17. The molecule has 0 aromatic carbocycles. The molecular formula is C13H25NO2S. The Bertz CT molecular complexity index is 408. The predicted molar refractivity (Wildman–Crippen MR) is 70.2 cm³/mol. The Labute approximate surface area is 105 Å². The standard InChI is InChI=1S/C13H25NO2S/c1-9(2)17(15,16)14-11-12(3,4)10-6-7-13(11,5)8-10/h9-11,14H,6-8H2,1-5H3. The molecule has 2 rings (SSSR count). The third kappa shape index (κ3) is 1.93. The van der Waals surface area contributed by atoms with Crippen LogP contribution in [0.4, 0.5) is 0 Å². The minimum atomic E-state index is -3.16.